The Morgan fingerprint density at radius 1 is 0.758 bits per heavy atom. The van der Waals surface area contributed by atoms with E-state index in [-0.39, 0.29) is 5.97 Å². The van der Waals surface area contributed by atoms with Gasteiger partial charge in [0.1, 0.15) is 17.2 Å². The van der Waals surface area contributed by atoms with E-state index >= 15 is 0 Å². The van der Waals surface area contributed by atoms with Crippen molar-refractivity contribution in [2.75, 3.05) is 7.11 Å². The Morgan fingerprint density at radius 2 is 1.24 bits per heavy atom. The van der Waals surface area contributed by atoms with Gasteiger partial charge in [0.15, 0.2) is 0 Å². The summed E-state index contributed by atoms with van der Waals surface area (Å²) in [6, 6.07) is 22.1. The number of carbonyl (C=O) groups is 2. The van der Waals surface area contributed by atoms with Crippen molar-refractivity contribution in [1.82, 2.24) is 0 Å². The van der Waals surface area contributed by atoms with E-state index in [9.17, 15) is 9.59 Å². The molecule has 0 radical (unpaired) electrons. The summed E-state index contributed by atoms with van der Waals surface area (Å²) in [6.45, 7) is 5.61. The molecule has 0 heterocycles. The maximum atomic E-state index is 12.2. The van der Waals surface area contributed by atoms with E-state index in [0.29, 0.717) is 17.9 Å². The SMILES string of the molecule is CCC(C)(C)C(=O)Oc1ccc(OC(=O)/C=C/c2ccc(-c3ccc(OC)cc3)cc2)cc1. The number of rotatable bonds is 8. The third-order valence-electron chi connectivity index (χ3n) is 5.44. The highest BCUT2D eigenvalue weighted by molar-refractivity contribution is 5.88. The van der Waals surface area contributed by atoms with Crippen LogP contribution in [0.5, 0.6) is 17.2 Å². The monoisotopic (exact) mass is 444 g/mol. The molecule has 0 amide bonds. The first-order chi connectivity index (χ1) is 15.8. The molecule has 5 nitrogen and oxygen atoms in total. The fourth-order valence-electron chi connectivity index (χ4n) is 2.85. The van der Waals surface area contributed by atoms with Gasteiger partial charge in [0.05, 0.1) is 12.5 Å². The molecule has 170 valence electrons. The van der Waals surface area contributed by atoms with Crippen LogP contribution >= 0.6 is 0 Å². The number of esters is 2. The lowest BCUT2D eigenvalue weighted by molar-refractivity contribution is -0.144. The van der Waals surface area contributed by atoms with Crippen LogP contribution in [0.2, 0.25) is 0 Å². The minimum Gasteiger partial charge on any atom is -0.497 e. The van der Waals surface area contributed by atoms with Gasteiger partial charge < -0.3 is 14.2 Å². The van der Waals surface area contributed by atoms with Gasteiger partial charge in [-0.3, -0.25) is 4.79 Å². The Labute approximate surface area is 194 Å². The van der Waals surface area contributed by atoms with Crippen LogP contribution in [0.4, 0.5) is 0 Å². The zero-order valence-electron chi connectivity index (χ0n) is 19.3. The first-order valence-electron chi connectivity index (χ1n) is 10.8. The van der Waals surface area contributed by atoms with Crippen molar-refractivity contribution in [3.63, 3.8) is 0 Å². The molecule has 3 rings (SSSR count). The molecule has 0 saturated heterocycles. The van der Waals surface area contributed by atoms with E-state index in [1.807, 2.05) is 69.3 Å². The number of carbonyl (C=O) groups excluding carboxylic acids is 2. The van der Waals surface area contributed by atoms with Gasteiger partial charge in [-0.2, -0.15) is 0 Å². The van der Waals surface area contributed by atoms with E-state index in [4.69, 9.17) is 14.2 Å². The molecule has 0 N–H and O–H groups in total. The Bertz CT molecular complexity index is 1110. The average molecular weight is 445 g/mol. The molecule has 0 aliphatic heterocycles. The van der Waals surface area contributed by atoms with Gasteiger partial charge in [-0.15, -0.1) is 0 Å². The summed E-state index contributed by atoms with van der Waals surface area (Å²) in [7, 11) is 1.64. The van der Waals surface area contributed by atoms with Crippen LogP contribution in [0.1, 0.15) is 32.8 Å². The van der Waals surface area contributed by atoms with Gasteiger partial charge >= 0.3 is 11.9 Å². The van der Waals surface area contributed by atoms with Crippen LogP contribution in [0.15, 0.2) is 78.9 Å². The van der Waals surface area contributed by atoms with Crippen molar-refractivity contribution in [3.05, 3.63) is 84.4 Å². The van der Waals surface area contributed by atoms with Crippen molar-refractivity contribution in [2.24, 2.45) is 5.41 Å². The van der Waals surface area contributed by atoms with Crippen LogP contribution in [0.25, 0.3) is 17.2 Å². The van der Waals surface area contributed by atoms with Gasteiger partial charge in [0.25, 0.3) is 0 Å². The Balaban J connectivity index is 1.55. The second-order valence-corrected chi connectivity index (χ2v) is 8.20. The zero-order valence-corrected chi connectivity index (χ0v) is 19.3. The standard InChI is InChI=1S/C28H28O5/c1-5-28(2,3)27(30)33-25-17-15-24(16-18-25)32-26(29)19-8-20-6-9-21(10-7-20)22-11-13-23(31-4)14-12-22/h6-19H,5H2,1-4H3/b19-8+. The van der Waals surface area contributed by atoms with Crippen molar-refractivity contribution >= 4 is 18.0 Å². The van der Waals surface area contributed by atoms with Crippen molar-refractivity contribution in [2.45, 2.75) is 27.2 Å². The number of methoxy groups -OCH3 is 1. The fourth-order valence-corrected chi connectivity index (χ4v) is 2.85. The molecule has 0 saturated carbocycles. The van der Waals surface area contributed by atoms with Crippen LogP contribution in [0.3, 0.4) is 0 Å². The number of hydrogen-bond donors (Lipinski definition) is 0. The summed E-state index contributed by atoms with van der Waals surface area (Å²) in [4.78, 5) is 24.3. The molecular weight excluding hydrogens is 416 g/mol. The molecule has 0 aliphatic carbocycles. The van der Waals surface area contributed by atoms with E-state index in [1.54, 1.807) is 37.5 Å². The van der Waals surface area contributed by atoms with Crippen LogP contribution < -0.4 is 14.2 Å². The lowest BCUT2D eigenvalue weighted by atomic mass is 9.91. The number of ether oxygens (including phenoxy) is 3. The van der Waals surface area contributed by atoms with E-state index in [2.05, 4.69) is 0 Å². The largest absolute Gasteiger partial charge is 0.497 e. The fraction of sp³-hybridized carbons (Fsp3) is 0.214. The van der Waals surface area contributed by atoms with Crippen molar-refractivity contribution in [1.29, 1.82) is 0 Å². The Kier molecular flexibility index (Phi) is 7.67. The lowest BCUT2D eigenvalue weighted by Crippen LogP contribution is -2.28. The van der Waals surface area contributed by atoms with E-state index in [1.165, 1.54) is 6.08 Å². The summed E-state index contributed by atoms with van der Waals surface area (Å²) >= 11 is 0. The molecule has 0 bridgehead atoms. The van der Waals surface area contributed by atoms with Crippen molar-refractivity contribution in [3.8, 4) is 28.4 Å². The van der Waals surface area contributed by atoms with Crippen LogP contribution in [0, 0.1) is 5.41 Å². The highest BCUT2D eigenvalue weighted by Crippen LogP contribution is 2.25. The molecule has 0 aromatic heterocycles. The summed E-state index contributed by atoms with van der Waals surface area (Å²) in [5.41, 5.74) is 2.48. The lowest BCUT2D eigenvalue weighted by Gasteiger charge is -2.20. The maximum Gasteiger partial charge on any atom is 0.336 e. The van der Waals surface area contributed by atoms with Crippen LogP contribution in [-0.2, 0) is 9.59 Å². The summed E-state index contributed by atoms with van der Waals surface area (Å²) in [6.07, 6.45) is 3.75. The predicted octanol–water partition coefficient (Wildman–Crippen LogP) is 6.32. The molecule has 0 unspecified atom stereocenters. The average Bonchev–Trinajstić information content (AvgIpc) is 2.84. The smallest absolute Gasteiger partial charge is 0.336 e. The normalized spacial score (nSPS) is 11.3. The Hall–Kier alpha value is -3.86. The second-order valence-electron chi connectivity index (χ2n) is 8.20. The number of hydrogen-bond acceptors (Lipinski definition) is 5. The summed E-state index contributed by atoms with van der Waals surface area (Å²) in [5, 5.41) is 0. The molecule has 0 spiro atoms. The van der Waals surface area contributed by atoms with Crippen molar-refractivity contribution < 1.29 is 23.8 Å². The quantitative estimate of drug-likeness (QED) is 0.231. The van der Waals surface area contributed by atoms with Gasteiger partial charge in [0, 0.05) is 6.08 Å². The summed E-state index contributed by atoms with van der Waals surface area (Å²) in [5.74, 6) is 0.803. The topological polar surface area (TPSA) is 61.8 Å². The molecule has 33 heavy (non-hydrogen) atoms. The van der Waals surface area contributed by atoms with E-state index < -0.39 is 11.4 Å². The summed E-state index contributed by atoms with van der Waals surface area (Å²) < 4.78 is 15.9. The maximum absolute atomic E-state index is 12.2. The van der Waals surface area contributed by atoms with Crippen LogP contribution in [-0.4, -0.2) is 19.0 Å². The molecule has 5 heteroatoms. The molecular formula is C28H28O5. The molecule has 3 aromatic carbocycles. The third kappa shape index (κ3) is 6.56. The Morgan fingerprint density at radius 3 is 1.76 bits per heavy atom. The third-order valence-corrected chi connectivity index (χ3v) is 5.44. The predicted molar refractivity (Wildman–Crippen MR) is 129 cm³/mol. The molecule has 0 fully saturated rings. The minimum absolute atomic E-state index is 0.296. The minimum atomic E-state index is -0.553. The van der Waals surface area contributed by atoms with Gasteiger partial charge in [-0.1, -0.05) is 43.3 Å². The molecule has 0 aliphatic rings. The highest BCUT2D eigenvalue weighted by atomic mass is 16.5. The molecule has 3 aromatic rings. The first-order valence-corrected chi connectivity index (χ1v) is 10.8. The second kappa shape index (κ2) is 10.6. The van der Waals surface area contributed by atoms with Gasteiger partial charge in [0.2, 0.25) is 0 Å². The molecule has 0 atom stereocenters. The first kappa shape index (κ1) is 23.8. The van der Waals surface area contributed by atoms with E-state index in [0.717, 1.165) is 22.4 Å². The number of benzene rings is 3. The zero-order chi connectivity index (χ0) is 23.8. The van der Waals surface area contributed by atoms with Gasteiger partial charge in [-0.25, -0.2) is 4.79 Å². The van der Waals surface area contributed by atoms with Gasteiger partial charge in [-0.05, 0) is 79.4 Å². The highest BCUT2D eigenvalue weighted by Gasteiger charge is 2.27.